The summed E-state index contributed by atoms with van der Waals surface area (Å²) in [6.45, 7) is 2.05. The fraction of sp³-hybridized carbons (Fsp3) is 0.105. The molecule has 0 aliphatic rings. The minimum atomic E-state index is -0.110. The van der Waals surface area contributed by atoms with Gasteiger partial charge >= 0.3 is 0 Å². The van der Waals surface area contributed by atoms with Gasteiger partial charge in [-0.15, -0.1) is 0 Å². The molecule has 0 heterocycles. The molecule has 0 saturated heterocycles. The van der Waals surface area contributed by atoms with E-state index in [2.05, 4.69) is 5.32 Å². The van der Waals surface area contributed by atoms with Crippen molar-refractivity contribution in [2.75, 3.05) is 12.4 Å². The van der Waals surface area contributed by atoms with Gasteiger partial charge in [0.05, 0.1) is 7.11 Å². The van der Waals surface area contributed by atoms with Crippen LogP contribution in [-0.4, -0.2) is 13.0 Å². The number of hydrogen-bond acceptors (Lipinski definition) is 2. The monoisotopic (exact) mass is 291 g/mol. The highest BCUT2D eigenvalue weighted by Gasteiger charge is 2.11. The molecule has 1 amide bonds. The third-order valence-corrected chi connectivity index (χ3v) is 3.73. The summed E-state index contributed by atoms with van der Waals surface area (Å²) in [6.07, 6.45) is 0. The Hall–Kier alpha value is -2.81. The number of nitrogens with one attached hydrogen (secondary N) is 1. The summed E-state index contributed by atoms with van der Waals surface area (Å²) in [4.78, 5) is 12.6. The Labute approximate surface area is 129 Å². The van der Waals surface area contributed by atoms with Gasteiger partial charge in [0.25, 0.3) is 5.91 Å². The summed E-state index contributed by atoms with van der Waals surface area (Å²) in [5.41, 5.74) is 2.59. The molecule has 3 rings (SSSR count). The maximum atomic E-state index is 12.6. The highest BCUT2D eigenvalue weighted by Crippen LogP contribution is 2.23. The molecule has 3 heteroatoms. The molecule has 22 heavy (non-hydrogen) atoms. The maximum Gasteiger partial charge on any atom is 0.256 e. The Bertz CT molecular complexity index is 822. The predicted octanol–water partition coefficient (Wildman–Crippen LogP) is 4.41. The first-order valence-electron chi connectivity index (χ1n) is 7.13. The second-order valence-corrected chi connectivity index (χ2v) is 5.16. The van der Waals surface area contributed by atoms with Crippen LogP contribution in [0.1, 0.15) is 15.9 Å². The minimum Gasteiger partial charge on any atom is -0.497 e. The molecule has 3 nitrogen and oxygen atoms in total. The zero-order valence-corrected chi connectivity index (χ0v) is 12.6. The number of benzene rings is 3. The molecule has 3 aromatic carbocycles. The number of anilines is 1. The van der Waals surface area contributed by atoms with Crippen LogP contribution in [0.15, 0.2) is 60.7 Å². The summed E-state index contributed by atoms with van der Waals surface area (Å²) in [7, 11) is 1.62. The Kier molecular flexibility index (Phi) is 3.79. The largest absolute Gasteiger partial charge is 0.497 e. The van der Waals surface area contributed by atoms with Gasteiger partial charge in [0.15, 0.2) is 0 Å². The summed E-state index contributed by atoms with van der Waals surface area (Å²) < 4.78 is 5.12. The first-order chi connectivity index (χ1) is 10.7. The van der Waals surface area contributed by atoms with Crippen molar-refractivity contribution in [3.05, 3.63) is 71.8 Å². The van der Waals surface area contributed by atoms with Gasteiger partial charge in [0.1, 0.15) is 5.75 Å². The number of aryl methyl sites for hydroxylation is 1. The van der Waals surface area contributed by atoms with E-state index in [1.165, 1.54) is 0 Å². The lowest BCUT2D eigenvalue weighted by Gasteiger charge is -2.10. The lowest BCUT2D eigenvalue weighted by atomic mass is 10.00. The molecule has 3 aromatic rings. The second-order valence-electron chi connectivity index (χ2n) is 5.16. The van der Waals surface area contributed by atoms with Gasteiger partial charge in [-0.2, -0.15) is 0 Å². The first-order valence-corrected chi connectivity index (χ1v) is 7.13. The SMILES string of the molecule is COc1ccc(NC(=O)c2ccc(C)c3ccccc23)cc1. The van der Waals surface area contributed by atoms with Gasteiger partial charge in [-0.05, 0) is 53.6 Å². The molecule has 0 bridgehead atoms. The number of ether oxygens (including phenoxy) is 1. The Morgan fingerprint density at radius 1 is 0.909 bits per heavy atom. The van der Waals surface area contributed by atoms with Crippen LogP contribution in [0.4, 0.5) is 5.69 Å². The fourth-order valence-electron chi connectivity index (χ4n) is 2.52. The first kappa shape index (κ1) is 14.1. The van der Waals surface area contributed by atoms with Crippen LogP contribution in [0.3, 0.4) is 0 Å². The maximum absolute atomic E-state index is 12.6. The van der Waals surface area contributed by atoms with Crippen molar-refractivity contribution in [2.24, 2.45) is 0 Å². The minimum absolute atomic E-state index is 0.110. The Morgan fingerprint density at radius 2 is 1.59 bits per heavy atom. The standard InChI is InChI=1S/C19H17NO2/c1-13-7-12-18(17-6-4-3-5-16(13)17)19(21)20-14-8-10-15(22-2)11-9-14/h3-12H,1-2H3,(H,20,21). The van der Waals surface area contributed by atoms with E-state index < -0.39 is 0 Å². The summed E-state index contributed by atoms with van der Waals surface area (Å²) in [6, 6.07) is 19.1. The molecule has 0 radical (unpaired) electrons. The molecule has 0 spiro atoms. The number of carbonyl (C=O) groups is 1. The van der Waals surface area contributed by atoms with Gasteiger partial charge in [-0.1, -0.05) is 30.3 Å². The van der Waals surface area contributed by atoms with E-state index in [1.807, 2.05) is 67.6 Å². The molecular weight excluding hydrogens is 274 g/mol. The number of hydrogen-bond donors (Lipinski definition) is 1. The van der Waals surface area contributed by atoms with Crippen molar-refractivity contribution in [1.82, 2.24) is 0 Å². The van der Waals surface area contributed by atoms with Crippen molar-refractivity contribution >= 4 is 22.4 Å². The van der Waals surface area contributed by atoms with Crippen LogP contribution in [0.25, 0.3) is 10.8 Å². The van der Waals surface area contributed by atoms with E-state index in [0.29, 0.717) is 5.56 Å². The highest BCUT2D eigenvalue weighted by atomic mass is 16.5. The molecule has 0 aliphatic heterocycles. The highest BCUT2D eigenvalue weighted by molar-refractivity contribution is 6.13. The average molecular weight is 291 g/mol. The van der Waals surface area contributed by atoms with E-state index in [4.69, 9.17) is 4.74 Å². The zero-order valence-electron chi connectivity index (χ0n) is 12.6. The third kappa shape index (κ3) is 2.66. The van der Waals surface area contributed by atoms with Crippen LogP contribution in [0.5, 0.6) is 5.75 Å². The third-order valence-electron chi connectivity index (χ3n) is 3.73. The van der Waals surface area contributed by atoms with Crippen molar-refractivity contribution in [3.8, 4) is 5.75 Å². The van der Waals surface area contributed by atoms with E-state index >= 15 is 0 Å². The lowest BCUT2D eigenvalue weighted by Crippen LogP contribution is -2.12. The normalized spacial score (nSPS) is 10.5. The van der Waals surface area contributed by atoms with Crippen molar-refractivity contribution < 1.29 is 9.53 Å². The van der Waals surface area contributed by atoms with Crippen LogP contribution in [-0.2, 0) is 0 Å². The fourth-order valence-corrected chi connectivity index (χ4v) is 2.52. The quantitative estimate of drug-likeness (QED) is 0.776. The second kappa shape index (κ2) is 5.90. The number of methoxy groups -OCH3 is 1. The molecule has 0 aromatic heterocycles. The number of carbonyl (C=O) groups excluding carboxylic acids is 1. The number of amides is 1. The van der Waals surface area contributed by atoms with Crippen LogP contribution in [0.2, 0.25) is 0 Å². The van der Waals surface area contributed by atoms with Gasteiger partial charge in [-0.25, -0.2) is 0 Å². The van der Waals surface area contributed by atoms with Crippen LogP contribution in [0, 0.1) is 6.92 Å². The zero-order chi connectivity index (χ0) is 15.5. The van der Waals surface area contributed by atoms with Crippen LogP contribution >= 0.6 is 0 Å². The molecule has 0 fully saturated rings. The predicted molar refractivity (Wildman–Crippen MR) is 89.6 cm³/mol. The smallest absolute Gasteiger partial charge is 0.256 e. The van der Waals surface area contributed by atoms with E-state index in [0.717, 1.165) is 27.8 Å². The summed E-state index contributed by atoms with van der Waals surface area (Å²) >= 11 is 0. The van der Waals surface area contributed by atoms with Crippen molar-refractivity contribution in [2.45, 2.75) is 6.92 Å². The molecule has 0 unspecified atom stereocenters. The van der Waals surface area contributed by atoms with Crippen molar-refractivity contribution in [3.63, 3.8) is 0 Å². The molecule has 0 aliphatic carbocycles. The summed E-state index contributed by atoms with van der Waals surface area (Å²) in [5, 5.41) is 4.99. The summed E-state index contributed by atoms with van der Waals surface area (Å²) in [5.74, 6) is 0.653. The van der Waals surface area contributed by atoms with Gasteiger partial charge in [0.2, 0.25) is 0 Å². The Balaban J connectivity index is 1.93. The van der Waals surface area contributed by atoms with E-state index in [-0.39, 0.29) is 5.91 Å². The molecule has 0 saturated carbocycles. The van der Waals surface area contributed by atoms with E-state index in [9.17, 15) is 4.79 Å². The molecule has 1 N–H and O–H groups in total. The number of fused-ring (bicyclic) bond motifs is 1. The van der Waals surface area contributed by atoms with Gasteiger partial charge < -0.3 is 10.1 Å². The lowest BCUT2D eigenvalue weighted by molar-refractivity contribution is 0.102. The molecular formula is C19H17NO2. The number of rotatable bonds is 3. The van der Waals surface area contributed by atoms with Gasteiger partial charge in [-0.3, -0.25) is 4.79 Å². The van der Waals surface area contributed by atoms with Crippen LogP contribution < -0.4 is 10.1 Å². The average Bonchev–Trinajstić information content (AvgIpc) is 2.56. The topological polar surface area (TPSA) is 38.3 Å². The van der Waals surface area contributed by atoms with Crippen molar-refractivity contribution in [1.29, 1.82) is 0 Å². The molecule has 110 valence electrons. The Morgan fingerprint density at radius 3 is 2.27 bits per heavy atom. The van der Waals surface area contributed by atoms with Gasteiger partial charge in [0, 0.05) is 11.3 Å². The molecule has 0 atom stereocenters. The van der Waals surface area contributed by atoms with E-state index in [1.54, 1.807) is 7.11 Å².